The fraction of sp³-hybridized carbons (Fsp3) is 0.500. The van der Waals surface area contributed by atoms with Crippen molar-refractivity contribution in [2.75, 3.05) is 20.2 Å². The number of rotatable bonds is 6. The summed E-state index contributed by atoms with van der Waals surface area (Å²) in [7, 11) is 1.84. The van der Waals surface area contributed by atoms with Gasteiger partial charge in [-0.25, -0.2) is 0 Å². The minimum atomic E-state index is -4.26. The molecular weight excluding hydrogens is 231 g/mol. The van der Waals surface area contributed by atoms with Gasteiger partial charge in [0, 0.05) is 0 Å². The molecule has 0 saturated heterocycles. The molecule has 0 heterocycles. The summed E-state index contributed by atoms with van der Waals surface area (Å²) >= 11 is 0. The van der Waals surface area contributed by atoms with Crippen molar-refractivity contribution in [3.63, 3.8) is 0 Å². The van der Waals surface area contributed by atoms with Crippen LogP contribution in [0.3, 0.4) is 0 Å². The van der Waals surface area contributed by atoms with Gasteiger partial charge in [0.2, 0.25) is 0 Å². The molecule has 0 aromatic heterocycles. The summed E-state index contributed by atoms with van der Waals surface area (Å²) in [5.41, 5.74) is 1.83. The van der Waals surface area contributed by atoms with Crippen molar-refractivity contribution < 1.29 is 17.9 Å². The van der Waals surface area contributed by atoms with Gasteiger partial charge >= 0.3 is 6.18 Å². The lowest BCUT2D eigenvalue weighted by molar-refractivity contribution is -0.176. The third kappa shape index (κ3) is 5.70. The van der Waals surface area contributed by atoms with E-state index in [0.29, 0.717) is 0 Å². The molecule has 0 saturated carbocycles. The van der Waals surface area contributed by atoms with Gasteiger partial charge in [-0.1, -0.05) is 24.3 Å². The molecule has 0 atom stereocenters. The predicted molar refractivity (Wildman–Crippen MR) is 59.8 cm³/mol. The first-order valence-electron chi connectivity index (χ1n) is 5.39. The highest BCUT2D eigenvalue weighted by molar-refractivity contribution is 5.26. The van der Waals surface area contributed by atoms with E-state index in [-0.39, 0.29) is 6.61 Å². The molecular formula is C12H16F3NO. The maximum absolute atomic E-state index is 11.9. The van der Waals surface area contributed by atoms with E-state index in [2.05, 4.69) is 10.1 Å². The van der Waals surface area contributed by atoms with Crippen molar-refractivity contribution in [1.82, 2.24) is 5.32 Å². The Labute approximate surface area is 98.8 Å². The van der Waals surface area contributed by atoms with Crippen molar-refractivity contribution >= 4 is 0 Å². The number of nitrogens with one attached hydrogen (secondary N) is 1. The van der Waals surface area contributed by atoms with Gasteiger partial charge in [0.25, 0.3) is 0 Å². The smallest absolute Gasteiger partial charge is 0.367 e. The Balaban J connectivity index is 2.51. The third-order valence-electron chi connectivity index (χ3n) is 2.29. The zero-order chi connectivity index (χ0) is 12.7. The van der Waals surface area contributed by atoms with Gasteiger partial charge in [-0.15, -0.1) is 0 Å². The molecule has 1 aromatic carbocycles. The lowest BCUT2D eigenvalue weighted by atomic mass is 10.1. The molecule has 0 unspecified atom stereocenters. The summed E-state index contributed by atoms with van der Waals surface area (Å²) in [5.74, 6) is 0. The Morgan fingerprint density at radius 3 is 2.41 bits per heavy atom. The fourth-order valence-corrected chi connectivity index (χ4v) is 1.48. The van der Waals surface area contributed by atoms with Gasteiger partial charge in [-0.3, -0.25) is 0 Å². The highest BCUT2D eigenvalue weighted by atomic mass is 19.4. The van der Waals surface area contributed by atoms with Crippen LogP contribution in [0.5, 0.6) is 0 Å². The van der Waals surface area contributed by atoms with Gasteiger partial charge < -0.3 is 10.1 Å². The second-order valence-corrected chi connectivity index (χ2v) is 3.73. The summed E-state index contributed by atoms with van der Waals surface area (Å²) in [6, 6.07) is 7.37. The van der Waals surface area contributed by atoms with Crippen LogP contribution in [-0.2, 0) is 17.8 Å². The number of benzene rings is 1. The van der Waals surface area contributed by atoms with E-state index >= 15 is 0 Å². The van der Waals surface area contributed by atoms with Crippen molar-refractivity contribution in [2.24, 2.45) is 0 Å². The number of hydrogen-bond donors (Lipinski definition) is 1. The van der Waals surface area contributed by atoms with Gasteiger partial charge in [-0.05, 0) is 31.1 Å². The highest BCUT2D eigenvalue weighted by Crippen LogP contribution is 2.17. The summed E-state index contributed by atoms with van der Waals surface area (Å²) in [4.78, 5) is 0. The first-order valence-corrected chi connectivity index (χ1v) is 5.39. The van der Waals surface area contributed by atoms with Crippen LogP contribution in [-0.4, -0.2) is 26.4 Å². The second kappa shape index (κ2) is 6.61. The molecule has 0 amide bonds. The van der Waals surface area contributed by atoms with Crippen LogP contribution in [0.25, 0.3) is 0 Å². The topological polar surface area (TPSA) is 21.3 Å². The number of ether oxygens (including phenoxy) is 1. The van der Waals surface area contributed by atoms with E-state index in [1.165, 1.54) is 0 Å². The minimum absolute atomic E-state index is 0.000598. The van der Waals surface area contributed by atoms with E-state index in [4.69, 9.17) is 0 Å². The van der Waals surface area contributed by atoms with Crippen molar-refractivity contribution in [3.05, 3.63) is 35.4 Å². The number of likely N-dealkylation sites (N-methyl/N-ethyl adjacent to an activating group) is 1. The summed E-state index contributed by atoms with van der Waals surface area (Å²) in [6.45, 7) is -0.414. The summed E-state index contributed by atoms with van der Waals surface area (Å²) in [6.07, 6.45) is -3.48. The van der Waals surface area contributed by atoms with E-state index in [9.17, 15) is 13.2 Å². The fourth-order valence-electron chi connectivity index (χ4n) is 1.48. The summed E-state index contributed by atoms with van der Waals surface area (Å²) < 4.78 is 40.4. The maximum atomic E-state index is 11.9. The average molecular weight is 247 g/mol. The van der Waals surface area contributed by atoms with E-state index < -0.39 is 12.8 Å². The van der Waals surface area contributed by atoms with Crippen molar-refractivity contribution in [2.45, 2.75) is 19.2 Å². The maximum Gasteiger partial charge on any atom is 0.411 e. The largest absolute Gasteiger partial charge is 0.411 e. The molecule has 0 fully saturated rings. The van der Waals surface area contributed by atoms with Crippen LogP contribution in [0.2, 0.25) is 0 Å². The summed E-state index contributed by atoms with van der Waals surface area (Å²) in [5, 5.41) is 3.00. The monoisotopic (exact) mass is 247 g/mol. The second-order valence-electron chi connectivity index (χ2n) is 3.73. The van der Waals surface area contributed by atoms with E-state index in [1.54, 1.807) is 12.1 Å². The first-order chi connectivity index (χ1) is 8.03. The van der Waals surface area contributed by atoms with Crippen LogP contribution in [0, 0.1) is 0 Å². The van der Waals surface area contributed by atoms with Gasteiger partial charge in [-0.2, -0.15) is 13.2 Å². The molecule has 0 aliphatic carbocycles. The molecule has 1 aromatic rings. The Hall–Kier alpha value is -1.07. The molecule has 0 aliphatic heterocycles. The molecule has 0 bridgehead atoms. The van der Waals surface area contributed by atoms with E-state index in [1.807, 2.05) is 19.2 Å². The zero-order valence-corrected chi connectivity index (χ0v) is 9.68. The zero-order valence-electron chi connectivity index (χ0n) is 9.68. The number of halogens is 3. The molecule has 0 spiro atoms. The predicted octanol–water partition coefficient (Wildman–Crippen LogP) is 2.53. The Kier molecular flexibility index (Phi) is 5.44. The Bertz CT molecular complexity index is 339. The molecule has 5 heteroatoms. The molecule has 1 N–H and O–H groups in total. The van der Waals surface area contributed by atoms with E-state index in [0.717, 1.165) is 24.1 Å². The highest BCUT2D eigenvalue weighted by Gasteiger charge is 2.27. The average Bonchev–Trinajstić information content (AvgIpc) is 2.26. The molecule has 96 valence electrons. The van der Waals surface area contributed by atoms with Crippen LogP contribution in [0.4, 0.5) is 13.2 Å². The molecule has 0 aliphatic rings. The Morgan fingerprint density at radius 2 is 1.82 bits per heavy atom. The van der Waals surface area contributed by atoms with Crippen LogP contribution < -0.4 is 5.32 Å². The number of hydrogen-bond acceptors (Lipinski definition) is 2. The van der Waals surface area contributed by atoms with Gasteiger partial charge in [0.15, 0.2) is 0 Å². The normalized spacial score (nSPS) is 11.8. The van der Waals surface area contributed by atoms with Crippen molar-refractivity contribution in [3.8, 4) is 0 Å². The third-order valence-corrected chi connectivity index (χ3v) is 2.29. The lowest BCUT2D eigenvalue weighted by Gasteiger charge is -2.11. The minimum Gasteiger partial charge on any atom is -0.367 e. The molecule has 1 rings (SSSR count). The van der Waals surface area contributed by atoms with Crippen LogP contribution >= 0.6 is 0 Å². The van der Waals surface area contributed by atoms with Gasteiger partial charge in [0.05, 0.1) is 6.61 Å². The van der Waals surface area contributed by atoms with Crippen LogP contribution in [0.15, 0.2) is 24.3 Å². The molecule has 0 radical (unpaired) electrons. The molecule has 17 heavy (non-hydrogen) atoms. The number of alkyl halides is 3. The van der Waals surface area contributed by atoms with Crippen molar-refractivity contribution in [1.29, 1.82) is 0 Å². The quantitative estimate of drug-likeness (QED) is 0.834. The SMILES string of the molecule is CNCCc1ccccc1COCC(F)(F)F. The first kappa shape index (κ1) is 14.0. The van der Waals surface area contributed by atoms with Crippen LogP contribution in [0.1, 0.15) is 11.1 Å². The Morgan fingerprint density at radius 1 is 1.18 bits per heavy atom. The van der Waals surface area contributed by atoms with Gasteiger partial charge in [0.1, 0.15) is 6.61 Å². The molecule has 2 nitrogen and oxygen atoms in total. The lowest BCUT2D eigenvalue weighted by Crippen LogP contribution is -2.17. The standard InChI is InChI=1S/C12H16F3NO/c1-16-7-6-10-4-2-3-5-11(10)8-17-9-12(13,14)15/h2-5,16H,6-9H2,1H3.